The fourth-order valence-electron chi connectivity index (χ4n) is 3.60. The van der Waals surface area contributed by atoms with E-state index in [1.165, 1.54) is 0 Å². The van der Waals surface area contributed by atoms with Gasteiger partial charge in [0.05, 0.1) is 22.4 Å². The molecule has 1 aliphatic rings. The molecule has 0 bridgehead atoms. The maximum Gasteiger partial charge on any atom is 0.234 e. The minimum Gasteiger partial charge on any atom is -0.325 e. The van der Waals surface area contributed by atoms with E-state index in [-0.39, 0.29) is 29.9 Å². The first-order valence-electron chi connectivity index (χ1n) is 9.48. The number of anilines is 1. The number of halogens is 1. The molecule has 0 saturated heterocycles. The summed E-state index contributed by atoms with van der Waals surface area (Å²) >= 11 is 7.12. The van der Waals surface area contributed by atoms with E-state index in [1.807, 2.05) is 45.0 Å². The number of aryl methyl sites for hydroxylation is 3. The summed E-state index contributed by atoms with van der Waals surface area (Å²) < 4.78 is 0. The lowest BCUT2D eigenvalue weighted by molar-refractivity contribution is -0.121. The molecule has 0 aliphatic carbocycles. The SMILES string of the molecule is Cc1cc(C)c(NC(=O)CSC2=C(C#N)[C@H](c3ccc(Cl)cc3)CC(=O)N2)c(C)c1. The van der Waals surface area contributed by atoms with Gasteiger partial charge in [-0.25, -0.2) is 0 Å². The van der Waals surface area contributed by atoms with Crippen molar-refractivity contribution in [3.05, 3.63) is 74.3 Å². The minimum absolute atomic E-state index is 0.0842. The number of nitrogens with one attached hydrogen (secondary N) is 2. The Morgan fingerprint density at radius 3 is 2.47 bits per heavy atom. The van der Waals surface area contributed by atoms with Crippen molar-refractivity contribution >= 4 is 40.9 Å². The molecule has 5 nitrogen and oxygen atoms in total. The van der Waals surface area contributed by atoms with Crippen LogP contribution in [0, 0.1) is 32.1 Å². The summed E-state index contributed by atoms with van der Waals surface area (Å²) in [5.74, 6) is -0.640. The maximum atomic E-state index is 12.5. The van der Waals surface area contributed by atoms with Gasteiger partial charge in [0, 0.05) is 23.0 Å². The van der Waals surface area contributed by atoms with Crippen LogP contribution in [0.4, 0.5) is 5.69 Å². The first-order valence-corrected chi connectivity index (χ1v) is 10.8. The highest BCUT2D eigenvalue weighted by molar-refractivity contribution is 8.03. The second-order valence-electron chi connectivity index (χ2n) is 7.32. The van der Waals surface area contributed by atoms with Gasteiger partial charge in [0.25, 0.3) is 0 Å². The highest BCUT2D eigenvalue weighted by atomic mass is 35.5. The molecular weight excluding hydrogens is 418 g/mol. The van der Waals surface area contributed by atoms with E-state index >= 15 is 0 Å². The summed E-state index contributed by atoms with van der Waals surface area (Å²) in [5, 5.41) is 16.5. The Labute approximate surface area is 185 Å². The van der Waals surface area contributed by atoms with Crippen LogP contribution in [-0.4, -0.2) is 17.6 Å². The number of amides is 2. The normalized spacial score (nSPS) is 16.1. The van der Waals surface area contributed by atoms with Gasteiger partial charge in [0.2, 0.25) is 11.8 Å². The average molecular weight is 440 g/mol. The number of carbonyl (C=O) groups excluding carboxylic acids is 2. The van der Waals surface area contributed by atoms with Crippen molar-refractivity contribution in [2.75, 3.05) is 11.1 Å². The molecule has 1 heterocycles. The van der Waals surface area contributed by atoms with Gasteiger partial charge >= 0.3 is 0 Å². The van der Waals surface area contributed by atoms with Crippen molar-refractivity contribution in [1.29, 1.82) is 5.26 Å². The molecule has 0 radical (unpaired) electrons. The second kappa shape index (κ2) is 9.38. The van der Waals surface area contributed by atoms with Crippen LogP contribution in [0.3, 0.4) is 0 Å². The Bertz CT molecular complexity index is 1050. The third kappa shape index (κ3) is 5.05. The lowest BCUT2D eigenvalue weighted by atomic mass is 9.87. The van der Waals surface area contributed by atoms with Gasteiger partial charge in [0.1, 0.15) is 0 Å². The molecule has 0 fully saturated rings. The van der Waals surface area contributed by atoms with Crippen molar-refractivity contribution in [3.8, 4) is 6.07 Å². The highest BCUT2D eigenvalue weighted by Gasteiger charge is 2.29. The topological polar surface area (TPSA) is 82.0 Å². The van der Waals surface area contributed by atoms with Crippen LogP contribution >= 0.6 is 23.4 Å². The molecule has 0 spiro atoms. The van der Waals surface area contributed by atoms with Gasteiger partial charge < -0.3 is 10.6 Å². The molecule has 7 heteroatoms. The fourth-order valence-corrected chi connectivity index (χ4v) is 4.61. The van der Waals surface area contributed by atoms with Gasteiger partial charge in [-0.05, 0) is 49.6 Å². The summed E-state index contributed by atoms with van der Waals surface area (Å²) in [6.07, 6.45) is 0.183. The zero-order valence-corrected chi connectivity index (χ0v) is 18.6. The van der Waals surface area contributed by atoms with E-state index < -0.39 is 0 Å². The van der Waals surface area contributed by atoms with Gasteiger partial charge in [-0.2, -0.15) is 5.26 Å². The third-order valence-corrected chi connectivity index (χ3v) is 6.19. The molecule has 2 N–H and O–H groups in total. The Hall–Kier alpha value is -2.75. The van der Waals surface area contributed by atoms with Crippen molar-refractivity contribution in [2.45, 2.75) is 33.1 Å². The standard InChI is InChI=1S/C23H22ClN3O2S/c1-13-8-14(2)22(15(3)9-13)26-21(29)12-30-23-19(11-25)18(10-20(28)27-23)16-4-6-17(24)7-5-16/h4-9,18H,10,12H2,1-3H3,(H,26,29)(H,27,28)/t18-/m0/s1. The quantitative estimate of drug-likeness (QED) is 0.688. The van der Waals surface area contributed by atoms with Crippen LogP contribution in [0.1, 0.15) is 34.6 Å². The van der Waals surface area contributed by atoms with Crippen molar-refractivity contribution in [2.24, 2.45) is 0 Å². The van der Waals surface area contributed by atoms with Crippen LogP contribution in [0.15, 0.2) is 47.0 Å². The number of rotatable bonds is 5. The zero-order valence-electron chi connectivity index (χ0n) is 17.0. The number of carbonyl (C=O) groups is 2. The van der Waals surface area contributed by atoms with Crippen molar-refractivity contribution in [3.63, 3.8) is 0 Å². The molecular formula is C23H22ClN3O2S. The Balaban J connectivity index is 1.77. The second-order valence-corrected chi connectivity index (χ2v) is 8.74. The molecule has 2 aromatic rings. The van der Waals surface area contributed by atoms with E-state index in [0.29, 0.717) is 15.6 Å². The molecule has 0 unspecified atom stereocenters. The predicted octanol–water partition coefficient (Wildman–Crippen LogP) is 4.98. The molecule has 2 aromatic carbocycles. The summed E-state index contributed by atoms with van der Waals surface area (Å²) in [4.78, 5) is 24.8. The molecule has 30 heavy (non-hydrogen) atoms. The summed E-state index contributed by atoms with van der Waals surface area (Å²) in [6.45, 7) is 5.93. The predicted molar refractivity (Wildman–Crippen MR) is 121 cm³/mol. The van der Waals surface area contributed by atoms with E-state index in [0.717, 1.165) is 39.7 Å². The number of nitriles is 1. The van der Waals surface area contributed by atoms with Crippen LogP contribution in [0.2, 0.25) is 5.02 Å². The van der Waals surface area contributed by atoms with E-state index in [1.54, 1.807) is 12.1 Å². The Morgan fingerprint density at radius 1 is 1.23 bits per heavy atom. The summed E-state index contributed by atoms with van der Waals surface area (Å²) in [6, 6.07) is 13.4. The first-order chi connectivity index (χ1) is 14.3. The number of hydrogen-bond acceptors (Lipinski definition) is 4. The third-order valence-electron chi connectivity index (χ3n) is 4.92. The minimum atomic E-state index is -0.354. The summed E-state index contributed by atoms with van der Waals surface area (Å²) in [7, 11) is 0. The molecule has 154 valence electrons. The van der Waals surface area contributed by atoms with Crippen LogP contribution < -0.4 is 10.6 Å². The lowest BCUT2D eigenvalue weighted by Crippen LogP contribution is -2.31. The molecule has 3 rings (SSSR count). The van der Waals surface area contributed by atoms with Crippen LogP contribution in [0.5, 0.6) is 0 Å². The van der Waals surface area contributed by atoms with Gasteiger partial charge in [-0.3, -0.25) is 9.59 Å². The Kier molecular flexibility index (Phi) is 6.86. The van der Waals surface area contributed by atoms with Crippen molar-refractivity contribution < 1.29 is 9.59 Å². The summed E-state index contributed by atoms with van der Waals surface area (Å²) in [5.41, 5.74) is 5.23. The number of thioether (sulfide) groups is 1. The van der Waals surface area contributed by atoms with Crippen LogP contribution in [0.25, 0.3) is 0 Å². The number of hydrogen-bond donors (Lipinski definition) is 2. The molecule has 0 saturated carbocycles. The Morgan fingerprint density at radius 2 is 1.87 bits per heavy atom. The number of benzene rings is 2. The van der Waals surface area contributed by atoms with Gasteiger partial charge in [-0.15, -0.1) is 0 Å². The fraction of sp³-hybridized carbons (Fsp3) is 0.261. The van der Waals surface area contributed by atoms with Gasteiger partial charge in [0.15, 0.2) is 0 Å². The maximum absolute atomic E-state index is 12.5. The largest absolute Gasteiger partial charge is 0.325 e. The lowest BCUT2D eigenvalue weighted by Gasteiger charge is -2.25. The highest BCUT2D eigenvalue weighted by Crippen LogP contribution is 2.36. The van der Waals surface area contributed by atoms with Crippen molar-refractivity contribution in [1.82, 2.24) is 5.32 Å². The van der Waals surface area contributed by atoms with E-state index in [9.17, 15) is 14.9 Å². The molecule has 2 amide bonds. The first kappa shape index (κ1) is 21.9. The number of nitrogens with zero attached hydrogens (tertiary/aromatic N) is 1. The smallest absolute Gasteiger partial charge is 0.234 e. The number of allylic oxidation sites excluding steroid dienone is 1. The monoisotopic (exact) mass is 439 g/mol. The molecule has 1 atom stereocenters. The molecule has 0 aromatic heterocycles. The van der Waals surface area contributed by atoms with E-state index in [4.69, 9.17) is 11.6 Å². The average Bonchev–Trinajstić information content (AvgIpc) is 2.69. The van der Waals surface area contributed by atoms with E-state index in [2.05, 4.69) is 16.7 Å². The molecule has 1 aliphatic heterocycles. The van der Waals surface area contributed by atoms with Crippen LogP contribution in [-0.2, 0) is 9.59 Å². The van der Waals surface area contributed by atoms with Gasteiger partial charge in [-0.1, -0.05) is 53.2 Å². The zero-order chi connectivity index (χ0) is 21.8.